The van der Waals surface area contributed by atoms with Crippen LogP contribution in [0.3, 0.4) is 0 Å². The number of aromatic amines is 1. The molecule has 2 aliphatic heterocycles. The fourth-order valence-electron chi connectivity index (χ4n) is 4.92. The summed E-state index contributed by atoms with van der Waals surface area (Å²) in [6.45, 7) is 10.3. The van der Waals surface area contributed by atoms with Crippen LogP contribution in [0.5, 0.6) is 0 Å². The predicted octanol–water partition coefficient (Wildman–Crippen LogP) is 2.95. The molecule has 2 aliphatic rings. The summed E-state index contributed by atoms with van der Waals surface area (Å²) in [5, 5.41) is 0.787. The molecule has 0 bridgehead atoms. The van der Waals surface area contributed by atoms with E-state index in [0.29, 0.717) is 11.2 Å². The number of nitrogens with one attached hydrogen (secondary N) is 1. The molecule has 0 aliphatic carbocycles. The first-order valence-electron chi connectivity index (χ1n) is 9.83. The third-order valence-corrected chi connectivity index (χ3v) is 6.52. The Morgan fingerprint density at radius 3 is 2.79 bits per heavy atom. The number of aryl methyl sites for hydroxylation is 2. The smallest absolute Gasteiger partial charge is 0.250 e. The fourth-order valence-corrected chi connectivity index (χ4v) is 4.92. The minimum atomic E-state index is -0.613. The Labute approximate surface area is 165 Å². The van der Waals surface area contributed by atoms with Gasteiger partial charge in [0.25, 0.3) is 5.91 Å². The van der Waals surface area contributed by atoms with E-state index in [9.17, 15) is 4.79 Å². The lowest BCUT2D eigenvalue weighted by Crippen LogP contribution is -2.31. The highest BCUT2D eigenvalue weighted by Crippen LogP contribution is 2.44. The van der Waals surface area contributed by atoms with Gasteiger partial charge in [-0.3, -0.25) is 9.69 Å². The number of fused-ring (bicyclic) bond motifs is 1. The number of halogens is 1. The number of hydrogen-bond donors (Lipinski definition) is 2. The number of H-pyrrole nitrogens is 1. The molecule has 4 rings (SSSR count). The topological polar surface area (TPSA) is 65.4 Å². The van der Waals surface area contributed by atoms with Crippen molar-refractivity contribution in [1.29, 1.82) is 0 Å². The summed E-state index contributed by atoms with van der Waals surface area (Å²) >= 11 is 0. The number of nitrogens with two attached hydrogens (primary N) is 1. The lowest BCUT2D eigenvalue weighted by Gasteiger charge is -2.26. The highest BCUT2D eigenvalue weighted by atomic mass is 19.1. The van der Waals surface area contributed by atoms with Gasteiger partial charge >= 0.3 is 0 Å². The number of aromatic nitrogens is 1. The molecule has 2 saturated heterocycles. The minimum Gasteiger partial charge on any atom is -0.368 e. The second kappa shape index (κ2) is 6.82. The van der Waals surface area contributed by atoms with Crippen molar-refractivity contribution in [3.8, 4) is 11.8 Å². The van der Waals surface area contributed by atoms with Gasteiger partial charge in [-0.2, -0.15) is 0 Å². The summed E-state index contributed by atoms with van der Waals surface area (Å²) in [7, 11) is 0. The van der Waals surface area contributed by atoms with Crippen molar-refractivity contribution in [2.75, 3.05) is 37.6 Å². The second-order valence-electron chi connectivity index (χ2n) is 8.30. The molecule has 148 valence electrons. The van der Waals surface area contributed by atoms with Gasteiger partial charge in [0.05, 0.1) is 23.3 Å². The van der Waals surface area contributed by atoms with E-state index in [1.807, 2.05) is 20.8 Å². The van der Waals surface area contributed by atoms with Crippen LogP contribution in [0.25, 0.3) is 10.9 Å². The average Bonchev–Trinajstić information content (AvgIpc) is 3.33. The van der Waals surface area contributed by atoms with Gasteiger partial charge in [0.2, 0.25) is 0 Å². The lowest BCUT2D eigenvalue weighted by atomic mass is 9.86. The lowest BCUT2D eigenvalue weighted by molar-refractivity contribution is 0.100. The van der Waals surface area contributed by atoms with E-state index in [0.717, 1.165) is 62.2 Å². The zero-order valence-electron chi connectivity index (χ0n) is 16.8. The van der Waals surface area contributed by atoms with Crippen LogP contribution in [0.2, 0.25) is 0 Å². The Balaban J connectivity index is 1.71. The first kappa shape index (κ1) is 18.8. The summed E-state index contributed by atoms with van der Waals surface area (Å²) in [5.41, 5.74) is 9.06. The number of nitrogens with zero attached hydrogens (tertiary/aromatic N) is 2. The van der Waals surface area contributed by atoms with Gasteiger partial charge in [0.15, 0.2) is 0 Å². The number of hydrogen-bond acceptors (Lipinski definition) is 3. The van der Waals surface area contributed by atoms with Crippen molar-refractivity contribution < 1.29 is 9.18 Å². The van der Waals surface area contributed by atoms with Crippen LogP contribution in [0.15, 0.2) is 6.07 Å². The molecular weight excluding hydrogens is 355 g/mol. The van der Waals surface area contributed by atoms with Crippen molar-refractivity contribution in [2.45, 2.75) is 33.6 Å². The number of likely N-dealkylation sites (tertiary alicyclic amines) is 1. The molecule has 1 atom stereocenters. The summed E-state index contributed by atoms with van der Waals surface area (Å²) in [5.74, 6) is 5.14. The van der Waals surface area contributed by atoms with Crippen molar-refractivity contribution >= 4 is 22.5 Å². The number of anilines is 1. The molecule has 2 fully saturated rings. The molecule has 3 heterocycles. The molecule has 1 amide bonds. The zero-order valence-corrected chi connectivity index (χ0v) is 16.8. The highest BCUT2D eigenvalue weighted by molar-refractivity contribution is 6.10. The summed E-state index contributed by atoms with van der Waals surface area (Å²) in [6.07, 6.45) is 2.16. The second-order valence-corrected chi connectivity index (χ2v) is 8.30. The molecule has 1 spiro atoms. The van der Waals surface area contributed by atoms with Crippen LogP contribution in [-0.4, -0.2) is 48.5 Å². The van der Waals surface area contributed by atoms with E-state index in [-0.39, 0.29) is 16.8 Å². The minimum absolute atomic E-state index is 0.190. The van der Waals surface area contributed by atoms with Crippen molar-refractivity contribution in [2.24, 2.45) is 11.1 Å². The maximum absolute atomic E-state index is 15.2. The largest absolute Gasteiger partial charge is 0.368 e. The van der Waals surface area contributed by atoms with Gasteiger partial charge in [0.1, 0.15) is 5.82 Å². The summed E-state index contributed by atoms with van der Waals surface area (Å²) in [4.78, 5) is 19.7. The molecule has 2 aromatic rings. The molecule has 3 N–H and O–H groups in total. The van der Waals surface area contributed by atoms with Gasteiger partial charge < -0.3 is 15.6 Å². The van der Waals surface area contributed by atoms with Crippen LogP contribution < -0.4 is 10.6 Å². The van der Waals surface area contributed by atoms with E-state index in [1.54, 1.807) is 0 Å². The van der Waals surface area contributed by atoms with Crippen LogP contribution in [0.1, 0.15) is 41.4 Å². The van der Waals surface area contributed by atoms with Crippen LogP contribution in [0.4, 0.5) is 10.1 Å². The van der Waals surface area contributed by atoms with Crippen molar-refractivity contribution in [3.63, 3.8) is 0 Å². The number of carbonyl (C=O) groups is 1. The molecule has 1 unspecified atom stereocenters. The van der Waals surface area contributed by atoms with E-state index < -0.39 is 5.91 Å². The normalized spacial score (nSPS) is 22.2. The zero-order chi connectivity index (χ0) is 20.1. The van der Waals surface area contributed by atoms with E-state index in [2.05, 4.69) is 26.6 Å². The third kappa shape index (κ3) is 2.94. The Kier molecular flexibility index (Phi) is 4.59. The van der Waals surface area contributed by atoms with Crippen molar-refractivity contribution in [3.05, 3.63) is 28.7 Å². The maximum atomic E-state index is 15.2. The number of carbonyl (C=O) groups excluding carboxylic acids is 1. The molecule has 28 heavy (non-hydrogen) atoms. The standard InChI is InChI=1S/C22H27FN4O/c1-4-5-8-26-9-6-22(12-26)7-10-27(13-22)20-17(23)11-16(21(24)28)19-18(20)14(2)15(3)25-19/h11,25H,6-10,12-13H2,1-3H3,(H2,24,28). The van der Waals surface area contributed by atoms with Crippen LogP contribution >= 0.6 is 0 Å². The predicted molar refractivity (Wildman–Crippen MR) is 110 cm³/mol. The van der Waals surface area contributed by atoms with Gasteiger partial charge in [-0.05, 0) is 51.8 Å². The Morgan fingerprint density at radius 2 is 2.07 bits per heavy atom. The van der Waals surface area contributed by atoms with Gasteiger partial charge in [-0.15, -0.1) is 5.92 Å². The first-order valence-corrected chi connectivity index (χ1v) is 9.83. The van der Waals surface area contributed by atoms with Gasteiger partial charge in [0, 0.05) is 36.1 Å². The maximum Gasteiger partial charge on any atom is 0.250 e. The monoisotopic (exact) mass is 382 g/mol. The van der Waals surface area contributed by atoms with E-state index in [1.165, 1.54) is 6.07 Å². The quantitative estimate of drug-likeness (QED) is 0.802. The van der Waals surface area contributed by atoms with E-state index in [4.69, 9.17) is 5.73 Å². The van der Waals surface area contributed by atoms with Crippen molar-refractivity contribution in [1.82, 2.24) is 9.88 Å². The Morgan fingerprint density at radius 1 is 1.32 bits per heavy atom. The van der Waals surface area contributed by atoms with Crippen LogP contribution in [0, 0.1) is 36.9 Å². The molecule has 1 aromatic heterocycles. The Bertz CT molecular complexity index is 1020. The molecule has 6 heteroatoms. The first-order chi connectivity index (χ1) is 13.3. The number of primary amides is 1. The SMILES string of the molecule is CC#CCN1CCC2(CCN(c3c(F)cc(C(N)=O)c4[nH]c(C)c(C)c34)C2)C1. The number of rotatable bonds is 3. The van der Waals surface area contributed by atoms with E-state index >= 15 is 4.39 Å². The molecule has 0 saturated carbocycles. The number of amides is 1. The third-order valence-electron chi connectivity index (χ3n) is 6.52. The summed E-state index contributed by atoms with van der Waals surface area (Å²) in [6, 6.07) is 1.29. The fraction of sp³-hybridized carbons (Fsp3) is 0.500. The molecule has 5 nitrogen and oxygen atoms in total. The number of benzene rings is 1. The molecule has 1 aromatic carbocycles. The van der Waals surface area contributed by atoms with Gasteiger partial charge in [-0.25, -0.2) is 4.39 Å². The summed E-state index contributed by atoms with van der Waals surface area (Å²) < 4.78 is 15.2. The van der Waals surface area contributed by atoms with Gasteiger partial charge in [-0.1, -0.05) is 5.92 Å². The Hall–Kier alpha value is -2.52. The average molecular weight is 382 g/mol. The molecular formula is C22H27FN4O. The molecule has 0 radical (unpaired) electrons. The highest BCUT2D eigenvalue weighted by Gasteiger charge is 2.44. The van der Waals surface area contributed by atoms with Crippen LogP contribution in [-0.2, 0) is 0 Å².